The Labute approximate surface area is 140 Å². The standard InChI is InChI=1S/C15H9BrCl2N2O/c16-11-2-4-14(10(7-11)8-19)20-15(21)6-9-1-3-12(17)13(18)5-9/h1-5,7H,6H2,(H,20,21). The number of carbonyl (C=O) groups excluding carboxylic acids is 1. The molecule has 3 nitrogen and oxygen atoms in total. The van der Waals surface area contributed by atoms with Crippen LogP contribution in [0.25, 0.3) is 0 Å². The van der Waals surface area contributed by atoms with Gasteiger partial charge in [-0.2, -0.15) is 5.26 Å². The topological polar surface area (TPSA) is 52.9 Å². The molecule has 0 aliphatic rings. The van der Waals surface area contributed by atoms with Crippen LogP contribution in [-0.4, -0.2) is 5.91 Å². The van der Waals surface area contributed by atoms with E-state index >= 15 is 0 Å². The minimum absolute atomic E-state index is 0.151. The lowest BCUT2D eigenvalue weighted by atomic mass is 10.1. The highest BCUT2D eigenvalue weighted by Gasteiger charge is 2.09. The molecular formula is C15H9BrCl2N2O. The lowest BCUT2D eigenvalue weighted by Crippen LogP contribution is -2.15. The maximum absolute atomic E-state index is 12.0. The summed E-state index contributed by atoms with van der Waals surface area (Å²) >= 11 is 15.0. The van der Waals surface area contributed by atoms with Crippen LogP contribution in [0, 0.1) is 11.3 Å². The minimum atomic E-state index is -0.229. The Morgan fingerprint density at radius 3 is 2.62 bits per heavy atom. The van der Waals surface area contributed by atoms with Gasteiger partial charge in [-0.3, -0.25) is 4.79 Å². The number of carbonyl (C=O) groups is 1. The molecule has 0 saturated heterocycles. The van der Waals surface area contributed by atoms with E-state index in [2.05, 4.69) is 21.2 Å². The van der Waals surface area contributed by atoms with Gasteiger partial charge in [0, 0.05) is 4.47 Å². The molecule has 6 heteroatoms. The van der Waals surface area contributed by atoms with Crippen molar-refractivity contribution in [2.75, 3.05) is 5.32 Å². The average molecular weight is 384 g/mol. The fraction of sp³-hybridized carbons (Fsp3) is 0.0667. The summed E-state index contributed by atoms with van der Waals surface area (Å²) in [5.41, 5.74) is 1.62. The predicted molar refractivity (Wildman–Crippen MR) is 87.7 cm³/mol. The van der Waals surface area contributed by atoms with Crippen LogP contribution in [-0.2, 0) is 11.2 Å². The van der Waals surface area contributed by atoms with E-state index in [1.807, 2.05) is 6.07 Å². The van der Waals surface area contributed by atoms with Crippen LogP contribution >= 0.6 is 39.1 Å². The first-order valence-corrected chi connectivity index (χ1v) is 7.48. The quantitative estimate of drug-likeness (QED) is 0.826. The van der Waals surface area contributed by atoms with Crippen LogP contribution in [0.5, 0.6) is 0 Å². The summed E-state index contributed by atoms with van der Waals surface area (Å²) in [6, 6.07) is 12.2. The Hall–Kier alpha value is -1.54. The van der Waals surface area contributed by atoms with E-state index in [0.717, 1.165) is 10.0 Å². The van der Waals surface area contributed by atoms with Crippen molar-refractivity contribution in [3.05, 3.63) is 62.0 Å². The first kappa shape index (κ1) is 15.8. The number of rotatable bonds is 3. The molecule has 0 saturated carbocycles. The van der Waals surface area contributed by atoms with Gasteiger partial charge in [0.1, 0.15) is 6.07 Å². The van der Waals surface area contributed by atoms with Gasteiger partial charge in [0.05, 0.1) is 27.7 Å². The second kappa shape index (κ2) is 6.95. The molecule has 0 aliphatic heterocycles. The monoisotopic (exact) mass is 382 g/mol. The zero-order valence-corrected chi connectivity index (χ0v) is 13.8. The first-order valence-electron chi connectivity index (χ1n) is 5.93. The van der Waals surface area contributed by atoms with Crippen molar-refractivity contribution in [1.82, 2.24) is 0 Å². The third-order valence-corrected chi connectivity index (χ3v) is 3.96. The number of hydrogen-bond donors (Lipinski definition) is 1. The van der Waals surface area contributed by atoms with E-state index in [0.29, 0.717) is 21.3 Å². The molecule has 21 heavy (non-hydrogen) atoms. The normalized spacial score (nSPS) is 10.0. The summed E-state index contributed by atoms with van der Waals surface area (Å²) in [6.45, 7) is 0. The highest BCUT2D eigenvalue weighted by molar-refractivity contribution is 9.10. The molecule has 0 aliphatic carbocycles. The second-order valence-corrected chi connectivity index (χ2v) is 6.01. The molecule has 0 aromatic heterocycles. The molecule has 106 valence electrons. The molecular weight excluding hydrogens is 375 g/mol. The number of nitrogens with one attached hydrogen (secondary N) is 1. The van der Waals surface area contributed by atoms with Crippen LogP contribution in [0.15, 0.2) is 40.9 Å². The van der Waals surface area contributed by atoms with Crippen LogP contribution in [0.2, 0.25) is 10.0 Å². The second-order valence-electron chi connectivity index (χ2n) is 4.28. The molecule has 0 bridgehead atoms. The van der Waals surface area contributed by atoms with Gasteiger partial charge >= 0.3 is 0 Å². The molecule has 2 rings (SSSR count). The number of anilines is 1. The molecule has 2 aromatic carbocycles. The Kier molecular flexibility index (Phi) is 5.24. The van der Waals surface area contributed by atoms with Crippen LogP contribution in [0.4, 0.5) is 5.69 Å². The number of hydrogen-bond acceptors (Lipinski definition) is 2. The smallest absolute Gasteiger partial charge is 0.228 e. The van der Waals surface area contributed by atoms with Crippen molar-refractivity contribution in [1.29, 1.82) is 5.26 Å². The molecule has 0 spiro atoms. The number of halogens is 3. The highest BCUT2D eigenvalue weighted by atomic mass is 79.9. The Morgan fingerprint density at radius 1 is 1.19 bits per heavy atom. The first-order chi connectivity index (χ1) is 9.99. The van der Waals surface area contributed by atoms with E-state index < -0.39 is 0 Å². The maximum Gasteiger partial charge on any atom is 0.228 e. The molecule has 1 amide bonds. The lowest BCUT2D eigenvalue weighted by Gasteiger charge is -2.08. The van der Waals surface area contributed by atoms with Crippen molar-refractivity contribution in [3.63, 3.8) is 0 Å². The van der Waals surface area contributed by atoms with Crippen molar-refractivity contribution in [3.8, 4) is 6.07 Å². The number of benzene rings is 2. The fourth-order valence-corrected chi connectivity index (χ4v) is 2.43. The Bertz CT molecular complexity index is 741. The van der Waals surface area contributed by atoms with Gasteiger partial charge in [-0.05, 0) is 35.9 Å². The molecule has 0 radical (unpaired) electrons. The van der Waals surface area contributed by atoms with E-state index in [-0.39, 0.29) is 12.3 Å². The fourth-order valence-electron chi connectivity index (χ4n) is 1.75. The molecule has 0 atom stereocenters. The van der Waals surface area contributed by atoms with Crippen molar-refractivity contribution in [2.45, 2.75) is 6.42 Å². The largest absolute Gasteiger partial charge is 0.325 e. The Morgan fingerprint density at radius 2 is 1.95 bits per heavy atom. The van der Waals surface area contributed by atoms with Crippen LogP contribution in [0.3, 0.4) is 0 Å². The summed E-state index contributed by atoms with van der Waals surface area (Å²) in [4.78, 5) is 12.0. The summed E-state index contributed by atoms with van der Waals surface area (Å²) < 4.78 is 0.779. The molecule has 0 heterocycles. The predicted octanol–water partition coefficient (Wildman–Crippen LogP) is 4.81. The van der Waals surface area contributed by atoms with Crippen molar-refractivity contribution >= 4 is 50.7 Å². The summed E-state index contributed by atoms with van der Waals surface area (Å²) in [7, 11) is 0. The zero-order chi connectivity index (χ0) is 15.4. The highest BCUT2D eigenvalue weighted by Crippen LogP contribution is 2.24. The van der Waals surface area contributed by atoms with Gasteiger partial charge in [0.25, 0.3) is 0 Å². The summed E-state index contributed by atoms with van der Waals surface area (Å²) in [5, 5.41) is 12.6. The van der Waals surface area contributed by atoms with Gasteiger partial charge in [0.15, 0.2) is 0 Å². The van der Waals surface area contributed by atoms with Crippen molar-refractivity contribution < 1.29 is 4.79 Å². The average Bonchev–Trinajstić information content (AvgIpc) is 2.44. The van der Waals surface area contributed by atoms with Gasteiger partial charge < -0.3 is 5.32 Å². The van der Waals surface area contributed by atoms with Crippen LogP contribution in [0.1, 0.15) is 11.1 Å². The number of nitrogens with zero attached hydrogens (tertiary/aromatic N) is 1. The van der Waals surface area contributed by atoms with E-state index in [4.69, 9.17) is 28.5 Å². The number of nitriles is 1. The minimum Gasteiger partial charge on any atom is -0.325 e. The molecule has 1 N–H and O–H groups in total. The van der Waals surface area contributed by atoms with Gasteiger partial charge in [-0.25, -0.2) is 0 Å². The molecule has 0 unspecified atom stereocenters. The van der Waals surface area contributed by atoms with Gasteiger partial charge in [-0.1, -0.05) is 45.2 Å². The third-order valence-electron chi connectivity index (χ3n) is 2.72. The van der Waals surface area contributed by atoms with Crippen molar-refractivity contribution in [2.24, 2.45) is 0 Å². The van der Waals surface area contributed by atoms with E-state index in [9.17, 15) is 4.79 Å². The number of amides is 1. The summed E-state index contributed by atoms with van der Waals surface area (Å²) in [5.74, 6) is -0.229. The maximum atomic E-state index is 12.0. The van der Waals surface area contributed by atoms with E-state index in [1.165, 1.54) is 0 Å². The lowest BCUT2D eigenvalue weighted by molar-refractivity contribution is -0.115. The Balaban J connectivity index is 2.12. The van der Waals surface area contributed by atoms with E-state index in [1.54, 1.807) is 36.4 Å². The van der Waals surface area contributed by atoms with Crippen LogP contribution < -0.4 is 5.32 Å². The SMILES string of the molecule is N#Cc1cc(Br)ccc1NC(=O)Cc1ccc(Cl)c(Cl)c1. The summed E-state index contributed by atoms with van der Waals surface area (Å²) in [6.07, 6.45) is 0.151. The van der Waals surface area contributed by atoms with Gasteiger partial charge in [0.2, 0.25) is 5.91 Å². The van der Waals surface area contributed by atoms with Gasteiger partial charge in [-0.15, -0.1) is 0 Å². The zero-order valence-electron chi connectivity index (χ0n) is 10.7. The molecule has 0 fully saturated rings. The molecule has 2 aromatic rings. The third kappa shape index (κ3) is 4.21.